The molecule has 3 aromatic rings. The summed E-state index contributed by atoms with van der Waals surface area (Å²) in [7, 11) is 3.27. The van der Waals surface area contributed by atoms with E-state index in [-0.39, 0.29) is 37.2 Å². The second kappa shape index (κ2) is 24.1. The summed E-state index contributed by atoms with van der Waals surface area (Å²) in [5.74, 6) is 2.49. The maximum absolute atomic E-state index is 12.2. The van der Waals surface area contributed by atoms with E-state index < -0.39 is 11.7 Å². The van der Waals surface area contributed by atoms with Crippen molar-refractivity contribution in [3.63, 3.8) is 0 Å². The highest BCUT2D eigenvalue weighted by Gasteiger charge is 2.42. The largest absolute Gasteiger partial charge is 0.497 e. The zero-order valence-electron chi connectivity index (χ0n) is 33.2. The molecular weight excluding hydrogens is 751 g/mol. The van der Waals surface area contributed by atoms with Gasteiger partial charge < -0.3 is 54.2 Å². The summed E-state index contributed by atoms with van der Waals surface area (Å²) in [5, 5.41) is 20.3. The summed E-state index contributed by atoms with van der Waals surface area (Å²) in [6.45, 7) is 3.68. The van der Waals surface area contributed by atoms with Gasteiger partial charge in [-0.3, -0.25) is 4.79 Å². The van der Waals surface area contributed by atoms with E-state index in [1.807, 2.05) is 90.6 Å². The minimum absolute atomic E-state index is 0.0156. The Balaban J connectivity index is 0.886. The van der Waals surface area contributed by atoms with Gasteiger partial charge in [0, 0.05) is 30.6 Å². The van der Waals surface area contributed by atoms with E-state index in [1.165, 1.54) is 0 Å². The van der Waals surface area contributed by atoms with E-state index in [2.05, 4.69) is 16.0 Å². The Morgan fingerprint density at radius 1 is 0.754 bits per heavy atom. The molecule has 5 rings (SSSR count). The van der Waals surface area contributed by atoms with Crippen molar-refractivity contribution in [1.82, 2.24) is 16.0 Å². The predicted molar refractivity (Wildman–Crippen MR) is 219 cm³/mol. The van der Waals surface area contributed by atoms with Gasteiger partial charge >= 0.3 is 6.03 Å². The minimum atomic E-state index is -1.02. The number of aliphatic hydroxyl groups excluding tert-OH is 1. The second-order valence-electron chi connectivity index (χ2n) is 14.0. The topological polar surface area (TPSA) is 155 Å². The fourth-order valence-electron chi connectivity index (χ4n) is 6.99. The van der Waals surface area contributed by atoms with Crippen molar-refractivity contribution in [2.45, 2.75) is 61.1 Å². The lowest BCUT2D eigenvalue weighted by atomic mass is 9.80. The molecule has 2 saturated heterocycles. The molecule has 14 heteroatoms. The molecule has 0 aliphatic carbocycles. The number of carbonyl (C=O) groups excluding carboxylic acids is 2. The molecule has 2 aliphatic rings. The maximum Gasteiger partial charge on any atom is 0.315 e. The van der Waals surface area contributed by atoms with Crippen molar-refractivity contribution in [2.75, 3.05) is 86.0 Å². The van der Waals surface area contributed by atoms with Gasteiger partial charge in [0.2, 0.25) is 5.91 Å². The van der Waals surface area contributed by atoms with Crippen LogP contribution in [0.25, 0.3) is 0 Å². The number of ether oxygens (including phenoxy) is 7. The first kappa shape index (κ1) is 44.2. The summed E-state index contributed by atoms with van der Waals surface area (Å²) >= 11 is 1.90. The monoisotopic (exact) mass is 809 g/mol. The molecule has 2 heterocycles. The molecule has 312 valence electrons. The summed E-state index contributed by atoms with van der Waals surface area (Å²) in [6.07, 6.45) is 3.21. The normalized spacial score (nSPS) is 18.1. The van der Waals surface area contributed by atoms with E-state index in [1.54, 1.807) is 14.2 Å². The van der Waals surface area contributed by atoms with Gasteiger partial charge in [0.15, 0.2) is 0 Å². The average molecular weight is 810 g/mol. The molecule has 0 aromatic heterocycles. The van der Waals surface area contributed by atoms with Crippen LogP contribution in [0.4, 0.5) is 4.79 Å². The SMILES string of the molecule is COc1ccc(C(OCC(O)COCCOCCOCCOCCCNC(=O)CCCC[C@@H]2SC[C@@H]3NC(=O)N[C@@H]32)(c2ccccc2)c2ccc(OC)cc2)cc1. The summed E-state index contributed by atoms with van der Waals surface area (Å²) in [6, 6.07) is 25.8. The van der Waals surface area contributed by atoms with Crippen LogP contribution in [-0.2, 0) is 34.1 Å². The van der Waals surface area contributed by atoms with Crippen LogP contribution in [0.5, 0.6) is 11.5 Å². The number of nitrogens with one attached hydrogen (secondary N) is 3. The number of rotatable bonds is 28. The standard InChI is InChI=1S/C43H59N3O10S/c1-50-36-17-13-33(14-18-36)43(32-9-4-3-5-10-32,34-15-19-37(51-2)20-16-34)56-30-35(47)29-55-28-27-54-26-25-53-24-23-52-22-8-21-44-40(48)12-7-6-11-39-41-38(31-57-39)45-42(49)46-41/h3-5,9-10,13-20,35,38-39,41,47H,6-8,11-12,21-31H2,1-2H3,(H,44,48)(H2,45,46,49)/t35?,38-,39-,41-/m0/s1. The number of benzene rings is 3. The molecule has 4 N–H and O–H groups in total. The number of aliphatic hydroxyl groups is 1. The smallest absolute Gasteiger partial charge is 0.315 e. The summed E-state index contributed by atoms with van der Waals surface area (Å²) < 4.78 is 40.1. The maximum atomic E-state index is 12.2. The molecule has 0 spiro atoms. The number of hydrogen-bond acceptors (Lipinski definition) is 11. The highest BCUT2D eigenvalue weighted by molar-refractivity contribution is 8.00. The van der Waals surface area contributed by atoms with Gasteiger partial charge in [-0.2, -0.15) is 11.8 Å². The summed E-state index contributed by atoms with van der Waals surface area (Å²) in [5.41, 5.74) is 1.65. The molecule has 57 heavy (non-hydrogen) atoms. The fraction of sp³-hybridized carbons (Fsp3) is 0.535. The Morgan fingerprint density at radius 3 is 1.95 bits per heavy atom. The van der Waals surface area contributed by atoms with E-state index in [0.29, 0.717) is 64.5 Å². The van der Waals surface area contributed by atoms with Crippen molar-refractivity contribution in [2.24, 2.45) is 0 Å². The lowest BCUT2D eigenvalue weighted by molar-refractivity contribution is -0.121. The Kier molecular flexibility index (Phi) is 18.7. The van der Waals surface area contributed by atoms with Crippen LogP contribution in [0.3, 0.4) is 0 Å². The molecule has 0 bridgehead atoms. The van der Waals surface area contributed by atoms with Crippen molar-refractivity contribution in [3.8, 4) is 11.5 Å². The zero-order valence-corrected chi connectivity index (χ0v) is 34.0. The third-order valence-electron chi connectivity index (χ3n) is 9.96. The number of hydrogen-bond donors (Lipinski definition) is 4. The first-order valence-electron chi connectivity index (χ1n) is 19.9. The van der Waals surface area contributed by atoms with Gasteiger partial charge in [-0.25, -0.2) is 4.79 Å². The molecule has 4 atom stereocenters. The van der Waals surface area contributed by atoms with E-state index in [0.717, 1.165) is 59.6 Å². The van der Waals surface area contributed by atoms with Crippen LogP contribution in [-0.4, -0.2) is 126 Å². The van der Waals surface area contributed by atoms with E-state index >= 15 is 0 Å². The Hall–Kier alpha value is -3.89. The molecular formula is C43H59N3O10S. The Labute approximate surface area is 340 Å². The van der Waals surface area contributed by atoms with Crippen molar-refractivity contribution in [3.05, 3.63) is 95.6 Å². The molecule has 2 aliphatic heterocycles. The van der Waals surface area contributed by atoms with Crippen molar-refractivity contribution < 1.29 is 47.9 Å². The molecule has 13 nitrogen and oxygen atoms in total. The van der Waals surface area contributed by atoms with Gasteiger partial charge in [-0.05, 0) is 60.2 Å². The number of urea groups is 1. The predicted octanol–water partition coefficient (Wildman–Crippen LogP) is 4.67. The van der Waals surface area contributed by atoms with Crippen molar-refractivity contribution >= 4 is 23.7 Å². The zero-order chi connectivity index (χ0) is 40.1. The van der Waals surface area contributed by atoms with Gasteiger partial charge in [-0.15, -0.1) is 0 Å². The number of carbonyl (C=O) groups is 2. The van der Waals surface area contributed by atoms with Crippen LogP contribution >= 0.6 is 11.8 Å². The first-order valence-corrected chi connectivity index (χ1v) is 20.9. The minimum Gasteiger partial charge on any atom is -0.497 e. The lowest BCUT2D eigenvalue weighted by Crippen LogP contribution is -2.36. The van der Waals surface area contributed by atoms with Gasteiger partial charge in [0.25, 0.3) is 0 Å². The molecule has 2 fully saturated rings. The summed E-state index contributed by atoms with van der Waals surface area (Å²) in [4.78, 5) is 23.7. The third-order valence-corrected chi connectivity index (χ3v) is 11.5. The number of unbranched alkanes of at least 4 members (excludes halogenated alkanes) is 1. The third kappa shape index (κ3) is 13.6. The average Bonchev–Trinajstić information content (AvgIpc) is 3.80. The number of methoxy groups -OCH3 is 2. The molecule has 3 aromatic carbocycles. The van der Waals surface area contributed by atoms with Gasteiger partial charge in [0.05, 0.1) is 79.2 Å². The van der Waals surface area contributed by atoms with Crippen LogP contribution < -0.4 is 25.4 Å². The van der Waals surface area contributed by atoms with E-state index in [4.69, 9.17) is 33.2 Å². The highest BCUT2D eigenvalue weighted by Crippen LogP contribution is 2.42. The van der Waals surface area contributed by atoms with Crippen LogP contribution in [0, 0.1) is 0 Å². The quantitative estimate of drug-likeness (QED) is 0.0460. The van der Waals surface area contributed by atoms with Crippen LogP contribution in [0.2, 0.25) is 0 Å². The lowest BCUT2D eigenvalue weighted by Gasteiger charge is -2.36. The van der Waals surface area contributed by atoms with Crippen LogP contribution in [0.15, 0.2) is 78.9 Å². The van der Waals surface area contributed by atoms with Crippen LogP contribution in [0.1, 0.15) is 48.8 Å². The number of thioether (sulfide) groups is 1. The van der Waals surface area contributed by atoms with Gasteiger partial charge in [0.1, 0.15) is 23.2 Å². The molecule has 1 unspecified atom stereocenters. The molecule has 0 radical (unpaired) electrons. The van der Waals surface area contributed by atoms with E-state index in [9.17, 15) is 14.7 Å². The second-order valence-corrected chi connectivity index (χ2v) is 15.2. The van der Waals surface area contributed by atoms with Gasteiger partial charge in [-0.1, -0.05) is 61.0 Å². The Morgan fingerprint density at radius 2 is 1.33 bits per heavy atom. The Bertz CT molecular complexity index is 1550. The fourth-order valence-corrected chi connectivity index (χ4v) is 8.53. The van der Waals surface area contributed by atoms with Crippen molar-refractivity contribution in [1.29, 1.82) is 0 Å². The molecule has 0 saturated carbocycles. The molecule has 3 amide bonds. The number of amides is 3. The number of fused-ring (bicyclic) bond motifs is 1. The first-order chi connectivity index (χ1) is 27.9. The highest BCUT2D eigenvalue weighted by atomic mass is 32.2.